The number of amides is 1. The number of carbonyl (C=O) groups excluding carboxylic acids is 1. The molecule has 3 N–H and O–H groups in total. The second kappa shape index (κ2) is 5.09. The van der Waals surface area contributed by atoms with Gasteiger partial charge in [-0.05, 0) is 30.5 Å². The van der Waals surface area contributed by atoms with Gasteiger partial charge in [-0.3, -0.25) is 4.79 Å². The number of anilines is 3. The van der Waals surface area contributed by atoms with Crippen LogP contribution in [0.1, 0.15) is 18.4 Å². The van der Waals surface area contributed by atoms with Crippen molar-refractivity contribution in [3.05, 3.63) is 17.7 Å². The molecule has 0 saturated carbocycles. The smallest absolute Gasteiger partial charge is 0.224 e. The Morgan fingerprint density at radius 3 is 3.00 bits per heavy atom. The van der Waals surface area contributed by atoms with Crippen molar-refractivity contribution in [3.63, 3.8) is 0 Å². The van der Waals surface area contributed by atoms with Crippen LogP contribution in [0, 0.1) is 0 Å². The van der Waals surface area contributed by atoms with Crippen LogP contribution >= 0.6 is 0 Å². The van der Waals surface area contributed by atoms with Crippen LogP contribution in [0.2, 0.25) is 0 Å². The Bertz CT molecular complexity index is 494. The zero-order valence-corrected chi connectivity index (χ0v) is 10.9. The van der Waals surface area contributed by atoms with Crippen LogP contribution in [0.5, 0.6) is 0 Å². The lowest BCUT2D eigenvalue weighted by atomic mass is 10.0. The summed E-state index contributed by atoms with van der Waals surface area (Å²) in [5, 5.41) is 2.93. The standard InChI is InChI=1S/C14H19N3O2/c15-11-8-10-2-3-14(18)16-12(10)9-13(11)17-4-1-6-19-7-5-17/h8-9H,1-7,15H2,(H,16,18). The molecule has 3 rings (SSSR count). The van der Waals surface area contributed by atoms with Crippen molar-refractivity contribution in [2.24, 2.45) is 0 Å². The number of hydrogen-bond donors (Lipinski definition) is 2. The van der Waals surface area contributed by atoms with Crippen molar-refractivity contribution in [2.75, 3.05) is 42.3 Å². The van der Waals surface area contributed by atoms with Crippen molar-refractivity contribution in [3.8, 4) is 0 Å². The Balaban J connectivity index is 1.92. The van der Waals surface area contributed by atoms with E-state index in [1.807, 2.05) is 12.1 Å². The first-order valence-corrected chi connectivity index (χ1v) is 6.79. The normalized spacial score (nSPS) is 19.6. The van der Waals surface area contributed by atoms with Crippen LogP contribution in [0.3, 0.4) is 0 Å². The van der Waals surface area contributed by atoms with Gasteiger partial charge in [-0.25, -0.2) is 0 Å². The van der Waals surface area contributed by atoms with Crippen LogP contribution in [-0.4, -0.2) is 32.2 Å². The number of ether oxygens (including phenoxy) is 1. The second-order valence-electron chi connectivity index (χ2n) is 5.07. The van der Waals surface area contributed by atoms with Gasteiger partial charge in [0.15, 0.2) is 0 Å². The number of carbonyl (C=O) groups is 1. The summed E-state index contributed by atoms with van der Waals surface area (Å²) in [6, 6.07) is 4.00. The summed E-state index contributed by atoms with van der Waals surface area (Å²) in [5.74, 6) is 0.0856. The van der Waals surface area contributed by atoms with Crippen molar-refractivity contribution in [1.29, 1.82) is 0 Å². The lowest BCUT2D eigenvalue weighted by Gasteiger charge is -2.26. The van der Waals surface area contributed by atoms with E-state index >= 15 is 0 Å². The fourth-order valence-electron chi connectivity index (χ4n) is 2.70. The molecule has 2 aliphatic heterocycles. The van der Waals surface area contributed by atoms with E-state index in [0.717, 1.165) is 61.8 Å². The van der Waals surface area contributed by atoms with Gasteiger partial charge in [-0.15, -0.1) is 0 Å². The van der Waals surface area contributed by atoms with Gasteiger partial charge in [-0.2, -0.15) is 0 Å². The van der Waals surface area contributed by atoms with Crippen molar-refractivity contribution in [2.45, 2.75) is 19.3 Å². The number of nitrogens with two attached hydrogens (primary N) is 1. The summed E-state index contributed by atoms with van der Waals surface area (Å²) in [5.41, 5.74) is 10.0. The number of nitrogen functional groups attached to an aromatic ring is 1. The predicted molar refractivity (Wildman–Crippen MR) is 75.5 cm³/mol. The Kier molecular flexibility index (Phi) is 3.29. The number of nitrogens with one attached hydrogen (secondary N) is 1. The van der Waals surface area contributed by atoms with E-state index in [2.05, 4.69) is 10.2 Å². The number of rotatable bonds is 1. The van der Waals surface area contributed by atoms with Gasteiger partial charge in [0.2, 0.25) is 5.91 Å². The molecule has 1 fully saturated rings. The number of nitrogens with zero attached hydrogens (tertiary/aromatic N) is 1. The maximum atomic E-state index is 11.5. The summed E-state index contributed by atoms with van der Waals surface area (Å²) >= 11 is 0. The molecule has 1 saturated heterocycles. The molecule has 0 bridgehead atoms. The fraction of sp³-hybridized carbons (Fsp3) is 0.500. The third kappa shape index (κ3) is 2.51. The third-order valence-corrected chi connectivity index (χ3v) is 3.71. The van der Waals surface area contributed by atoms with Crippen LogP contribution in [0.4, 0.5) is 17.1 Å². The SMILES string of the molecule is Nc1cc2c(cc1N1CCCOCC1)NC(=O)CC2. The highest BCUT2D eigenvalue weighted by molar-refractivity contribution is 5.95. The van der Waals surface area contributed by atoms with Gasteiger partial charge in [0.25, 0.3) is 0 Å². The summed E-state index contributed by atoms with van der Waals surface area (Å²) < 4.78 is 5.46. The highest BCUT2D eigenvalue weighted by Gasteiger charge is 2.19. The molecular weight excluding hydrogens is 242 g/mol. The topological polar surface area (TPSA) is 67.6 Å². The molecule has 5 nitrogen and oxygen atoms in total. The molecule has 1 amide bonds. The quantitative estimate of drug-likeness (QED) is 0.749. The molecule has 19 heavy (non-hydrogen) atoms. The van der Waals surface area contributed by atoms with E-state index in [1.165, 1.54) is 0 Å². The lowest BCUT2D eigenvalue weighted by Crippen LogP contribution is -2.27. The molecule has 1 aromatic rings. The van der Waals surface area contributed by atoms with Gasteiger partial charge in [0.05, 0.1) is 18.0 Å². The van der Waals surface area contributed by atoms with Gasteiger partial charge in [-0.1, -0.05) is 0 Å². The van der Waals surface area contributed by atoms with E-state index in [0.29, 0.717) is 6.42 Å². The maximum absolute atomic E-state index is 11.5. The van der Waals surface area contributed by atoms with Crippen LogP contribution < -0.4 is 16.0 Å². The molecule has 0 spiro atoms. The predicted octanol–water partition coefficient (Wildman–Crippen LogP) is 1.38. The molecule has 0 atom stereocenters. The lowest BCUT2D eigenvalue weighted by molar-refractivity contribution is -0.116. The minimum absolute atomic E-state index is 0.0856. The summed E-state index contributed by atoms with van der Waals surface area (Å²) in [7, 11) is 0. The fourth-order valence-corrected chi connectivity index (χ4v) is 2.70. The van der Waals surface area contributed by atoms with Gasteiger partial charge in [0, 0.05) is 31.8 Å². The first kappa shape index (κ1) is 12.3. The molecule has 0 aliphatic carbocycles. The first-order valence-electron chi connectivity index (χ1n) is 6.79. The Hall–Kier alpha value is -1.75. The number of fused-ring (bicyclic) bond motifs is 1. The number of benzene rings is 1. The molecule has 5 heteroatoms. The highest BCUT2D eigenvalue weighted by atomic mass is 16.5. The van der Waals surface area contributed by atoms with E-state index in [-0.39, 0.29) is 5.91 Å². The van der Waals surface area contributed by atoms with Gasteiger partial charge >= 0.3 is 0 Å². The molecular formula is C14H19N3O2. The van der Waals surface area contributed by atoms with E-state index < -0.39 is 0 Å². The second-order valence-corrected chi connectivity index (χ2v) is 5.07. The zero-order chi connectivity index (χ0) is 13.2. The third-order valence-electron chi connectivity index (χ3n) is 3.71. The minimum Gasteiger partial charge on any atom is -0.397 e. The van der Waals surface area contributed by atoms with E-state index in [4.69, 9.17) is 10.5 Å². The van der Waals surface area contributed by atoms with Crippen LogP contribution in [-0.2, 0) is 16.0 Å². The minimum atomic E-state index is 0.0856. The average Bonchev–Trinajstić information content (AvgIpc) is 2.67. The Morgan fingerprint density at radius 2 is 2.11 bits per heavy atom. The Labute approximate surface area is 112 Å². The van der Waals surface area contributed by atoms with Crippen molar-refractivity contribution < 1.29 is 9.53 Å². The molecule has 102 valence electrons. The number of aryl methyl sites for hydroxylation is 1. The highest BCUT2D eigenvalue weighted by Crippen LogP contribution is 2.33. The van der Waals surface area contributed by atoms with E-state index in [9.17, 15) is 4.79 Å². The molecule has 2 heterocycles. The van der Waals surface area contributed by atoms with Gasteiger partial charge in [0.1, 0.15) is 0 Å². The molecule has 2 aliphatic rings. The molecule has 0 radical (unpaired) electrons. The largest absolute Gasteiger partial charge is 0.397 e. The Morgan fingerprint density at radius 1 is 1.21 bits per heavy atom. The average molecular weight is 261 g/mol. The molecule has 0 aromatic heterocycles. The van der Waals surface area contributed by atoms with Crippen LogP contribution in [0.15, 0.2) is 12.1 Å². The summed E-state index contributed by atoms with van der Waals surface area (Å²) in [6.45, 7) is 3.31. The summed E-state index contributed by atoms with van der Waals surface area (Å²) in [4.78, 5) is 13.7. The zero-order valence-electron chi connectivity index (χ0n) is 10.9. The number of hydrogen-bond acceptors (Lipinski definition) is 4. The summed E-state index contributed by atoms with van der Waals surface area (Å²) in [6.07, 6.45) is 2.32. The first-order chi connectivity index (χ1) is 9.24. The van der Waals surface area contributed by atoms with Gasteiger partial charge < -0.3 is 20.7 Å². The van der Waals surface area contributed by atoms with Crippen LogP contribution in [0.25, 0.3) is 0 Å². The van der Waals surface area contributed by atoms with Crippen molar-refractivity contribution in [1.82, 2.24) is 0 Å². The van der Waals surface area contributed by atoms with Crippen molar-refractivity contribution >= 4 is 23.0 Å². The molecule has 0 unspecified atom stereocenters. The maximum Gasteiger partial charge on any atom is 0.224 e. The monoisotopic (exact) mass is 261 g/mol. The molecule has 1 aromatic carbocycles. The van der Waals surface area contributed by atoms with E-state index in [1.54, 1.807) is 0 Å².